The van der Waals surface area contributed by atoms with Crippen LogP contribution in [0.5, 0.6) is 0 Å². The maximum atomic E-state index is 11.6. The molecule has 2 nitrogen and oxygen atoms in total. The predicted molar refractivity (Wildman–Crippen MR) is 49.7 cm³/mol. The van der Waals surface area contributed by atoms with Crippen LogP contribution in [0.25, 0.3) is 0 Å². The van der Waals surface area contributed by atoms with Crippen LogP contribution in [0.2, 0.25) is 0 Å². The second-order valence-corrected chi connectivity index (χ2v) is 4.88. The molecule has 0 aromatic rings. The van der Waals surface area contributed by atoms with Crippen molar-refractivity contribution in [2.45, 2.75) is 34.1 Å². The summed E-state index contributed by atoms with van der Waals surface area (Å²) in [6, 6.07) is 0. The van der Waals surface area contributed by atoms with Gasteiger partial charge in [-0.05, 0) is 17.4 Å². The van der Waals surface area contributed by atoms with E-state index >= 15 is 0 Å². The van der Waals surface area contributed by atoms with Gasteiger partial charge in [0.15, 0.2) is 0 Å². The summed E-state index contributed by atoms with van der Waals surface area (Å²) in [5, 5.41) is 0. The first-order valence-corrected chi connectivity index (χ1v) is 4.58. The molecular formula is C10H19NO. The van der Waals surface area contributed by atoms with Crippen molar-refractivity contribution in [2.24, 2.45) is 22.5 Å². The molecule has 0 spiro atoms. The minimum atomic E-state index is 0.180. The highest BCUT2D eigenvalue weighted by atomic mass is 16.1. The molecule has 0 bridgehead atoms. The number of rotatable bonds is 3. The first kappa shape index (κ1) is 9.72. The standard InChI is InChI=1S/C10H19NO/c1-9(2)8(10(9,3)4)7(12)5-6-11/h8H,5-6,11H2,1-4H3. The van der Waals surface area contributed by atoms with E-state index in [-0.39, 0.29) is 16.7 Å². The van der Waals surface area contributed by atoms with Gasteiger partial charge < -0.3 is 5.73 Å². The molecule has 12 heavy (non-hydrogen) atoms. The van der Waals surface area contributed by atoms with Crippen LogP contribution < -0.4 is 5.73 Å². The Bertz CT molecular complexity index is 192. The molecule has 1 fully saturated rings. The molecule has 0 aromatic carbocycles. The van der Waals surface area contributed by atoms with Gasteiger partial charge in [-0.3, -0.25) is 4.79 Å². The van der Waals surface area contributed by atoms with Crippen molar-refractivity contribution >= 4 is 5.78 Å². The lowest BCUT2D eigenvalue weighted by Crippen LogP contribution is -2.12. The van der Waals surface area contributed by atoms with Crippen LogP contribution in [0.4, 0.5) is 0 Å². The monoisotopic (exact) mass is 169 g/mol. The number of hydrogen-bond donors (Lipinski definition) is 1. The van der Waals surface area contributed by atoms with E-state index in [0.717, 1.165) is 0 Å². The van der Waals surface area contributed by atoms with E-state index in [1.54, 1.807) is 0 Å². The molecule has 0 amide bonds. The average Bonchev–Trinajstić information content (AvgIpc) is 2.24. The van der Waals surface area contributed by atoms with Gasteiger partial charge in [0.25, 0.3) is 0 Å². The molecule has 1 saturated carbocycles. The van der Waals surface area contributed by atoms with E-state index in [1.165, 1.54) is 0 Å². The van der Waals surface area contributed by atoms with Gasteiger partial charge in [-0.25, -0.2) is 0 Å². The summed E-state index contributed by atoms with van der Waals surface area (Å²) in [4.78, 5) is 11.6. The molecule has 1 rings (SSSR count). The van der Waals surface area contributed by atoms with Gasteiger partial charge in [-0.1, -0.05) is 27.7 Å². The molecule has 0 atom stereocenters. The fourth-order valence-corrected chi connectivity index (χ4v) is 2.29. The molecule has 2 heteroatoms. The van der Waals surface area contributed by atoms with Gasteiger partial charge in [0.05, 0.1) is 0 Å². The van der Waals surface area contributed by atoms with Gasteiger partial charge in [0.2, 0.25) is 0 Å². The summed E-state index contributed by atoms with van der Waals surface area (Å²) >= 11 is 0. The van der Waals surface area contributed by atoms with Gasteiger partial charge >= 0.3 is 0 Å². The summed E-state index contributed by atoms with van der Waals surface area (Å²) in [7, 11) is 0. The van der Waals surface area contributed by atoms with Crippen LogP contribution >= 0.6 is 0 Å². The van der Waals surface area contributed by atoms with Crippen LogP contribution in [0.15, 0.2) is 0 Å². The number of nitrogens with two attached hydrogens (primary N) is 1. The van der Waals surface area contributed by atoms with Crippen molar-refractivity contribution in [3.05, 3.63) is 0 Å². The molecule has 70 valence electrons. The molecule has 0 radical (unpaired) electrons. The second-order valence-electron chi connectivity index (χ2n) is 4.88. The molecule has 0 heterocycles. The molecular weight excluding hydrogens is 150 g/mol. The Morgan fingerprint density at radius 2 is 1.67 bits per heavy atom. The third-order valence-electron chi connectivity index (χ3n) is 3.73. The lowest BCUT2D eigenvalue weighted by Gasteiger charge is -2.03. The van der Waals surface area contributed by atoms with E-state index in [1.807, 2.05) is 0 Å². The zero-order chi connectivity index (χ0) is 9.57. The highest BCUT2D eigenvalue weighted by molar-refractivity contribution is 5.86. The van der Waals surface area contributed by atoms with E-state index in [4.69, 9.17) is 5.73 Å². The van der Waals surface area contributed by atoms with E-state index < -0.39 is 0 Å². The Labute approximate surface area is 74.5 Å². The summed E-state index contributed by atoms with van der Waals surface area (Å²) in [5.74, 6) is 0.570. The Hall–Kier alpha value is -0.370. The Balaban J connectivity index is 2.64. The largest absolute Gasteiger partial charge is 0.330 e. The maximum Gasteiger partial charge on any atom is 0.138 e. The van der Waals surface area contributed by atoms with Crippen LogP contribution in [-0.2, 0) is 4.79 Å². The number of hydrogen-bond acceptors (Lipinski definition) is 2. The molecule has 1 aliphatic carbocycles. The third kappa shape index (κ3) is 1.09. The molecule has 0 unspecified atom stereocenters. The first-order chi connectivity index (χ1) is 5.35. The van der Waals surface area contributed by atoms with Crippen molar-refractivity contribution in [1.82, 2.24) is 0 Å². The predicted octanol–water partition coefficient (Wildman–Crippen LogP) is 1.59. The Morgan fingerprint density at radius 1 is 1.25 bits per heavy atom. The Morgan fingerprint density at radius 3 is 1.92 bits per heavy atom. The highest BCUT2D eigenvalue weighted by Crippen LogP contribution is 2.68. The van der Waals surface area contributed by atoms with Gasteiger partial charge in [-0.15, -0.1) is 0 Å². The fourth-order valence-electron chi connectivity index (χ4n) is 2.29. The Kier molecular flexibility index (Phi) is 2.07. The van der Waals surface area contributed by atoms with Crippen LogP contribution in [0.1, 0.15) is 34.1 Å². The summed E-state index contributed by atoms with van der Waals surface area (Å²) in [5.41, 5.74) is 5.71. The minimum Gasteiger partial charge on any atom is -0.330 e. The van der Waals surface area contributed by atoms with Crippen molar-refractivity contribution < 1.29 is 4.79 Å². The van der Waals surface area contributed by atoms with E-state index in [0.29, 0.717) is 18.7 Å². The summed E-state index contributed by atoms with van der Waals surface area (Å²) < 4.78 is 0. The number of carbonyl (C=O) groups excluding carboxylic acids is 1. The van der Waals surface area contributed by atoms with Gasteiger partial charge in [0.1, 0.15) is 5.78 Å². The first-order valence-electron chi connectivity index (χ1n) is 4.58. The zero-order valence-corrected chi connectivity index (χ0v) is 8.48. The number of carbonyl (C=O) groups is 1. The van der Waals surface area contributed by atoms with Crippen molar-refractivity contribution in [3.63, 3.8) is 0 Å². The highest BCUT2D eigenvalue weighted by Gasteiger charge is 2.67. The average molecular weight is 169 g/mol. The third-order valence-corrected chi connectivity index (χ3v) is 3.73. The smallest absolute Gasteiger partial charge is 0.138 e. The van der Waals surface area contributed by atoms with Crippen molar-refractivity contribution in [2.75, 3.05) is 6.54 Å². The van der Waals surface area contributed by atoms with Crippen LogP contribution in [-0.4, -0.2) is 12.3 Å². The van der Waals surface area contributed by atoms with Crippen molar-refractivity contribution in [1.29, 1.82) is 0 Å². The van der Waals surface area contributed by atoms with Gasteiger partial charge in [-0.2, -0.15) is 0 Å². The summed E-state index contributed by atoms with van der Waals surface area (Å²) in [6.45, 7) is 9.12. The lowest BCUT2D eigenvalue weighted by molar-refractivity contribution is -0.121. The quantitative estimate of drug-likeness (QED) is 0.697. The minimum absolute atomic E-state index is 0.180. The number of Topliss-reactive ketones (excluding diaryl/α,β-unsaturated/α-hetero) is 1. The molecule has 2 N–H and O–H groups in total. The number of ketones is 1. The lowest BCUT2D eigenvalue weighted by atomic mass is 10.0. The van der Waals surface area contributed by atoms with Gasteiger partial charge in [0, 0.05) is 12.3 Å². The summed E-state index contributed by atoms with van der Waals surface area (Å²) in [6.07, 6.45) is 0.539. The molecule has 0 saturated heterocycles. The SMILES string of the molecule is CC1(C)C(C(=O)CCN)C1(C)C. The molecule has 0 aliphatic heterocycles. The van der Waals surface area contributed by atoms with Crippen LogP contribution in [0.3, 0.4) is 0 Å². The van der Waals surface area contributed by atoms with E-state index in [9.17, 15) is 4.79 Å². The normalized spacial score (nSPS) is 25.4. The second kappa shape index (κ2) is 2.56. The van der Waals surface area contributed by atoms with Crippen LogP contribution in [0, 0.1) is 16.7 Å². The molecule has 0 aromatic heterocycles. The van der Waals surface area contributed by atoms with Crippen molar-refractivity contribution in [3.8, 4) is 0 Å². The molecule has 1 aliphatic rings. The topological polar surface area (TPSA) is 43.1 Å². The van der Waals surface area contributed by atoms with E-state index in [2.05, 4.69) is 27.7 Å². The maximum absolute atomic E-state index is 11.6. The zero-order valence-electron chi connectivity index (χ0n) is 8.48. The fraction of sp³-hybridized carbons (Fsp3) is 0.900.